The topological polar surface area (TPSA) is 122 Å². The molecule has 1 aliphatic rings. The number of nitrogens with zero attached hydrogens (tertiary/aromatic N) is 1. The first-order valence-corrected chi connectivity index (χ1v) is 12.0. The van der Waals surface area contributed by atoms with Crippen LogP contribution in [0.4, 0.5) is 0 Å². The summed E-state index contributed by atoms with van der Waals surface area (Å²) < 4.78 is 32.7. The summed E-state index contributed by atoms with van der Waals surface area (Å²) in [5.41, 5.74) is 1.46. The Morgan fingerprint density at radius 3 is 2.12 bits per heavy atom. The maximum atomic E-state index is 12.5. The molecule has 0 aliphatic carbocycles. The van der Waals surface area contributed by atoms with Crippen molar-refractivity contribution in [2.45, 2.75) is 31.3 Å². The molecule has 2 amide bonds. The average Bonchev–Trinajstić information content (AvgIpc) is 2.83. The molecule has 3 rings (SSSR count). The third-order valence-electron chi connectivity index (χ3n) is 5.29. The van der Waals surface area contributed by atoms with Crippen molar-refractivity contribution in [1.29, 1.82) is 0 Å². The summed E-state index contributed by atoms with van der Waals surface area (Å²) in [6, 6.07) is 11.5. The number of amides is 2. The molecule has 0 spiro atoms. The molecule has 2 N–H and O–H groups in total. The van der Waals surface area contributed by atoms with Crippen LogP contribution in [0.3, 0.4) is 0 Å². The van der Waals surface area contributed by atoms with Gasteiger partial charge in [-0.1, -0.05) is 24.3 Å². The molecule has 1 unspecified atom stereocenters. The van der Waals surface area contributed by atoms with Crippen molar-refractivity contribution < 1.29 is 27.5 Å². The molecular weight excluding hydrogens is 446 g/mol. The third kappa shape index (κ3) is 6.47. The Hall–Kier alpha value is -3.08. The largest absolute Gasteiger partial charge is 0.378 e. The Labute approximate surface area is 193 Å². The van der Waals surface area contributed by atoms with Crippen molar-refractivity contribution in [1.82, 2.24) is 14.9 Å². The quantitative estimate of drug-likeness (QED) is 0.558. The summed E-state index contributed by atoms with van der Waals surface area (Å²) in [4.78, 5) is 38.0. The Balaban J connectivity index is 1.55. The van der Waals surface area contributed by atoms with Crippen LogP contribution in [0.1, 0.15) is 40.1 Å². The number of Topliss-reactive ketones (excluding diaryl/α,β-unsaturated/α-hetero) is 1. The minimum Gasteiger partial charge on any atom is -0.378 e. The van der Waals surface area contributed by atoms with E-state index in [-0.39, 0.29) is 29.0 Å². The maximum Gasteiger partial charge on any atom is 0.251 e. The van der Waals surface area contributed by atoms with Gasteiger partial charge in [0.05, 0.1) is 18.1 Å². The lowest BCUT2D eigenvalue weighted by molar-refractivity contribution is -0.136. The van der Waals surface area contributed by atoms with Crippen molar-refractivity contribution >= 4 is 27.6 Å². The summed E-state index contributed by atoms with van der Waals surface area (Å²) in [7, 11) is -3.76. The second kappa shape index (κ2) is 10.7. The van der Waals surface area contributed by atoms with Crippen molar-refractivity contribution in [3.05, 3.63) is 65.2 Å². The average molecular weight is 474 g/mol. The van der Waals surface area contributed by atoms with Gasteiger partial charge in [0.1, 0.15) is 6.04 Å². The molecular formula is C23H27N3O6S. The number of carbonyl (C=O) groups excluding carboxylic acids is 3. The zero-order valence-corrected chi connectivity index (χ0v) is 19.4. The molecule has 0 saturated carbocycles. The lowest BCUT2D eigenvalue weighted by Gasteiger charge is -2.29. The van der Waals surface area contributed by atoms with Gasteiger partial charge in [0.15, 0.2) is 5.78 Å². The van der Waals surface area contributed by atoms with Gasteiger partial charge in [0.25, 0.3) is 5.91 Å². The Kier molecular flexibility index (Phi) is 7.96. The SMILES string of the molecule is CC(=O)c1ccc(S(=O)(=O)NCc2ccc(C(=O)NC(C)C(=O)N3CCOCC3)cc2)cc1. The van der Waals surface area contributed by atoms with E-state index < -0.39 is 16.1 Å². The molecule has 1 aliphatic heterocycles. The van der Waals surface area contributed by atoms with E-state index in [0.29, 0.717) is 43.0 Å². The summed E-state index contributed by atoms with van der Waals surface area (Å²) in [6.07, 6.45) is 0. The van der Waals surface area contributed by atoms with Crippen molar-refractivity contribution in [2.75, 3.05) is 26.3 Å². The standard InChI is InChI=1S/C23H27N3O6S/c1-16(23(29)26-11-13-32-14-12-26)25-22(28)20-5-3-18(4-6-20)15-24-33(30,31)21-9-7-19(8-10-21)17(2)27/h3-10,16,24H,11-15H2,1-2H3,(H,25,28). The van der Waals surface area contributed by atoms with Gasteiger partial charge >= 0.3 is 0 Å². The molecule has 2 aromatic rings. The number of hydrogen-bond acceptors (Lipinski definition) is 6. The van der Waals surface area contributed by atoms with E-state index in [1.165, 1.54) is 31.2 Å². The fourth-order valence-corrected chi connectivity index (χ4v) is 4.32. The number of benzene rings is 2. The highest BCUT2D eigenvalue weighted by Crippen LogP contribution is 2.12. The smallest absolute Gasteiger partial charge is 0.251 e. The summed E-state index contributed by atoms with van der Waals surface area (Å²) in [5, 5.41) is 2.70. The van der Waals surface area contributed by atoms with Gasteiger partial charge in [-0.25, -0.2) is 13.1 Å². The van der Waals surface area contributed by atoms with Gasteiger partial charge < -0.3 is 15.0 Å². The van der Waals surface area contributed by atoms with E-state index in [2.05, 4.69) is 10.0 Å². The molecule has 2 aromatic carbocycles. The second-order valence-electron chi connectivity index (χ2n) is 7.73. The van der Waals surface area contributed by atoms with Gasteiger partial charge in [-0.2, -0.15) is 0 Å². The highest BCUT2D eigenvalue weighted by atomic mass is 32.2. The zero-order valence-electron chi connectivity index (χ0n) is 18.5. The number of ketones is 1. The van der Waals surface area contributed by atoms with Crippen LogP contribution in [0, 0.1) is 0 Å². The third-order valence-corrected chi connectivity index (χ3v) is 6.71. The number of carbonyl (C=O) groups is 3. The van der Waals surface area contributed by atoms with Crippen LogP contribution < -0.4 is 10.0 Å². The summed E-state index contributed by atoms with van der Waals surface area (Å²) >= 11 is 0. The van der Waals surface area contributed by atoms with E-state index in [0.717, 1.165) is 0 Å². The highest BCUT2D eigenvalue weighted by molar-refractivity contribution is 7.89. The monoisotopic (exact) mass is 473 g/mol. The number of rotatable bonds is 8. The molecule has 1 heterocycles. The molecule has 0 aromatic heterocycles. The fourth-order valence-electron chi connectivity index (χ4n) is 3.30. The van der Waals surface area contributed by atoms with Gasteiger partial charge in [0, 0.05) is 30.8 Å². The normalized spacial score (nSPS) is 15.0. The fraction of sp³-hybridized carbons (Fsp3) is 0.348. The summed E-state index contributed by atoms with van der Waals surface area (Å²) in [6.45, 7) is 5.07. The minimum atomic E-state index is -3.76. The zero-order chi connectivity index (χ0) is 24.0. The minimum absolute atomic E-state index is 0.0324. The molecule has 33 heavy (non-hydrogen) atoms. The van der Waals surface area contributed by atoms with Crippen LogP contribution in [0.5, 0.6) is 0 Å². The molecule has 1 atom stereocenters. The van der Waals surface area contributed by atoms with E-state index in [4.69, 9.17) is 4.74 Å². The molecule has 10 heteroatoms. The lowest BCUT2D eigenvalue weighted by Crippen LogP contribution is -2.50. The predicted molar refractivity (Wildman–Crippen MR) is 121 cm³/mol. The predicted octanol–water partition coefficient (Wildman–Crippen LogP) is 1.34. The van der Waals surface area contributed by atoms with Crippen LogP contribution in [0.25, 0.3) is 0 Å². The first-order chi connectivity index (χ1) is 15.7. The molecule has 1 fully saturated rings. The van der Waals surface area contributed by atoms with E-state index >= 15 is 0 Å². The van der Waals surface area contributed by atoms with Crippen LogP contribution in [-0.4, -0.2) is 63.3 Å². The van der Waals surface area contributed by atoms with Gasteiger partial charge in [-0.3, -0.25) is 14.4 Å². The summed E-state index contributed by atoms with van der Waals surface area (Å²) in [5.74, 6) is -0.688. The Morgan fingerprint density at radius 1 is 0.970 bits per heavy atom. The molecule has 0 radical (unpaired) electrons. The first-order valence-electron chi connectivity index (χ1n) is 10.5. The highest BCUT2D eigenvalue weighted by Gasteiger charge is 2.24. The van der Waals surface area contributed by atoms with E-state index in [1.807, 2.05) is 0 Å². The van der Waals surface area contributed by atoms with Gasteiger partial charge in [-0.05, 0) is 43.7 Å². The van der Waals surface area contributed by atoms with Crippen LogP contribution in [0.2, 0.25) is 0 Å². The van der Waals surface area contributed by atoms with E-state index in [9.17, 15) is 22.8 Å². The van der Waals surface area contributed by atoms with E-state index in [1.54, 1.807) is 36.1 Å². The number of ether oxygens (including phenoxy) is 1. The Morgan fingerprint density at radius 2 is 1.55 bits per heavy atom. The van der Waals surface area contributed by atoms with Gasteiger partial charge in [-0.15, -0.1) is 0 Å². The van der Waals surface area contributed by atoms with Crippen LogP contribution >= 0.6 is 0 Å². The van der Waals surface area contributed by atoms with Crippen molar-refractivity contribution in [2.24, 2.45) is 0 Å². The number of sulfonamides is 1. The second-order valence-corrected chi connectivity index (χ2v) is 9.50. The molecule has 176 valence electrons. The van der Waals surface area contributed by atoms with Gasteiger partial charge in [0.2, 0.25) is 15.9 Å². The molecule has 0 bridgehead atoms. The number of hydrogen-bond donors (Lipinski definition) is 2. The van der Waals surface area contributed by atoms with Crippen LogP contribution in [0.15, 0.2) is 53.4 Å². The lowest BCUT2D eigenvalue weighted by atomic mass is 10.1. The van der Waals surface area contributed by atoms with Crippen molar-refractivity contribution in [3.63, 3.8) is 0 Å². The van der Waals surface area contributed by atoms with Crippen LogP contribution in [-0.2, 0) is 26.1 Å². The maximum absolute atomic E-state index is 12.5. The molecule has 9 nitrogen and oxygen atoms in total. The number of nitrogens with one attached hydrogen (secondary N) is 2. The molecule has 1 saturated heterocycles. The Bertz CT molecular complexity index is 1110. The first kappa shape index (κ1) is 24.6. The number of morpholine rings is 1. The van der Waals surface area contributed by atoms with Crippen molar-refractivity contribution in [3.8, 4) is 0 Å².